The van der Waals surface area contributed by atoms with Crippen molar-refractivity contribution in [1.82, 2.24) is 5.32 Å². The van der Waals surface area contributed by atoms with Gasteiger partial charge in [-0.05, 0) is 19.9 Å². The molecule has 0 spiro atoms. The zero-order valence-corrected chi connectivity index (χ0v) is 8.53. The Labute approximate surface area is 80.5 Å². The maximum Gasteiger partial charge on any atom is 0.167 e. The summed E-state index contributed by atoms with van der Waals surface area (Å²) in [5.41, 5.74) is 0. The van der Waals surface area contributed by atoms with Crippen LogP contribution in [-0.2, 0) is 0 Å². The van der Waals surface area contributed by atoms with Gasteiger partial charge in [0.05, 0.1) is 6.04 Å². The van der Waals surface area contributed by atoms with E-state index in [0.717, 1.165) is 6.42 Å². The van der Waals surface area contributed by atoms with Crippen molar-refractivity contribution in [3.63, 3.8) is 0 Å². The zero-order chi connectivity index (χ0) is 10.1. The number of rotatable bonds is 7. The lowest BCUT2D eigenvalue weighted by molar-refractivity contribution is -0.0644. The van der Waals surface area contributed by atoms with Crippen molar-refractivity contribution in [1.29, 1.82) is 0 Å². The number of aliphatic hydroxyl groups is 2. The van der Waals surface area contributed by atoms with E-state index in [9.17, 15) is 0 Å². The summed E-state index contributed by atoms with van der Waals surface area (Å²) in [6.45, 7) is 2.15. The minimum atomic E-state index is -1.28. The molecular formula is C10H21NO2. The van der Waals surface area contributed by atoms with E-state index in [1.807, 2.05) is 6.08 Å². The van der Waals surface area contributed by atoms with Crippen LogP contribution in [0, 0.1) is 0 Å². The summed E-state index contributed by atoms with van der Waals surface area (Å²) in [6, 6.07) is -0.252. The first-order chi connectivity index (χ1) is 6.22. The fourth-order valence-corrected chi connectivity index (χ4v) is 1.07. The van der Waals surface area contributed by atoms with Gasteiger partial charge in [0, 0.05) is 0 Å². The van der Waals surface area contributed by atoms with E-state index in [0.29, 0.717) is 6.42 Å². The Hall–Kier alpha value is -0.380. The molecule has 0 heterocycles. The highest BCUT2D eigenvalue weighted by Crippen LogP contribution is 2.00. The molecular weight excluding hydrogens is 166 g/mol. The summed E-state index contributed by atoms with van der Waals surface area (Å²) in [6.07, 6.45) is 6.95. The largest absolute Gasteiger partial charge is 0.367 e. The first kappa shape index (κ1) is 12.6. The summed E-state index contributed by atoms with van der Waals surface area (Å²) in [5, 5.41) is 20.6. The van der Waals surface area contributed by atoms with Crippen LogP contribution in [0.3, 0.4) is 0 Å². The minimum absolute atomic E-state index is 0.252. The Morgan fingerprint density at radius 1 is 1.31 bits per heavy atom. The molecule has 3 heteroatoms. The SMILES string of the molecule is CCCC/C=C/C[C@H](NC)C(O)O. The molecule has 0 saturated heterocycles. The lowest BCUT2D eigenvalue weighted by Crippen LogP contribution is -2.36. The van der Waals surface area contributed by atoms with Crippen molar-refractivity contribution < 1.29 is 10.2 Å². The number of aliphatic hydroxyl groups excluding tert-OH is 1. The molecule has 0 aromatic heterocycles. The van der Waals surface area contributed by atoms with Crippen molar-refractivity contribution in [3.05, 3.63) is 12.2 Å². The highest BCUT2D eigenvalue weighted by molar-refractivity contribution is 4.86. The quantitative estimate of drug-likeness (QED) is 0.317. The van der Waals surface area contributed by atoms with Crippen molar-refractivity contribution in [2.24, 2.45) is 0 Å². The molecule has 0 bridgehead atoms. The first-order valence-electron chi connectivity index (χ1n) is 4.90. The van der Waals surface area contributed by atoms with Crippen LogP contribution >= 0.6 is 0 Å². The van der Waals surface area contributed by atoms with E-state index in [1.165, 1.54) is 12.8 Å². The van der Waals surface area contributed by atoms with Gasteiger partial charge in [-0.15, -0.1) is 0 Å². The van der Waals surface area contributed by atoms with Crippen LogP contribution in [0.15, 0.2) is 12.2 Å². The maximum atomic E-state index is 8.87. The molecule has 13 heavy (non-hydrogen) atoms. The molecule has 0 aliphatic carbocycles. The second-order valence-electron chi connectivity index (χ2n) is 3.16. The predicted molar refractivity (Wildman–Crippen MR) is 54.4 cm³/mol. The van der Waals surface area contributed by atoms with Gasteiger partial charge in [-0.1, -0.05) is 31.9 Å². The molecule has 0 aromatic carbocycles. The van der Waals surface area contributed by atoms with Crippen LogP contribution in [0.4, 0.5) is 0 Å². The highest BCUT2D eigenvalue weighted by atomic mass is 16.5. The van der Waals surface area contributed by atoms with Gasteiger partial charge in [0.15, 0.2) is 6.29 Å². The molecule has 0 aliphatic rings. The first-order valence-corrected chi connectivity index (χ1v) is 4.90. The zero-order valence-electron chi connectivity index (χ0n) is 8.53. The molecule has 3 nitrogen and oxygen atoms in total. The fraction of sp³-hybridized carbons (Fsp3) is 0.800. The summed E-state index contributed by atoms with van der Waals surface area (Å²) in [5.74, 6) is 0. The van der Waals surface area contributed by atoms with E-state index in [-0.39, 0.29) is 6.04 Å². The molecule has 0 aliphatic heterocycles. The van der Waals surface area contributed by atoms with Crippen molar-refractivity contribution >= 4 is 0 Å². The Kier molecular flexibility index (Phi) is 7.99. The van der Waals surface area contributed by atoms with Crippen LogP contribution in [0.1, 0.15) is 32.6 Å². The van der Waals surface area contributed by atoms with Gasteiger partial charge in [0.2, 0.25) is 0 Å². The Morgan fingerprint density at radius 2 is 2.00 bits per heavy atom. The summed E-state index contributed by atoms with van der Waals surface area (Å²) >= 11 is 0. The third kappa shape index (κ3) is 6.75. The molecule has 3 N–H and O–H groups in total. The normalized spacial score (nSPS) is 14.2. The van der Waals surface area contributed by atoms with E-state index in [4.69, 9.17) is 10.2 Å². The number of nitrogens with one attached hydrogen (secondary N) is 1. The van der Waals surface area contributed by atoms with Gasteiger partial charge in [-0.3, -0.25) is 0 Å². The average molecular weight is 187 g/mol. The number of unbranched alkanes of at least 4 members (excludes halogenated alkanes) is 2. The number of allylic oxidation sites excluding steroid dienone is 1. The van der Waals surface area contributed by atoms with E-state index in [2.05, 4.69) is 18.3 Å². The second kappa shape index (κ2) is 8.23. The van der Waals surface area contributed by atoms with Crippen LogP contribution in [0.25, 0.3) is 0 Å². The van der Waals surface area contributed by atoms with Crippen molar-refractivity contribution in [2.45, 2.75) is 44.9 Å². The van der Waals surface area contributed by atoms with E-state index < -0.39 is 6.29 Å². The predicted octanol–water partition coefficient (Wildman–Crippen LogP) is 1.02. The van der Waals surface area contributed by atoms with Crippen LogP contribution < -0.4 is 5.32 Å². The van der Waals surface area contributed by atoms with Gasteiger partial charge in [-0.25, -0.2) is 0 Å². The number of likely N-dealkylation sites (N-methyl/N-ethyl adjacent to an activating group) is 1. The van der Waals surface area contributed by atoms with Gasteiger partial charge in [0.1, 0.15) is 0 Å². The minimum Gasteiger partial charge on any atom is -0.367 e. The molecule has 0 amide bonds. The number of hydrogen-bond donors (Lipinski definition) is 3. The summed E-state index contributed by atoms with van der Waals surface area (Å²) in [7, 11) is 1.73. The lowest BCUT2D eigenvalue weighted by Gasteiger charge is -2.15. The molecule has 0 unspecified atom stereocenters. The molecule has 0 fully saturated rings. The van der Waals surface area contributed by atoms with Gasteiger partial charge in [0.25, 0.3) is 0 Å². The van der Waals surface area contributed by atoms with Crippen molar-refractivity contribution in [2.75, 3.05) is 7.05 Å². The van der Waals surface area contributed by atoms with Crippen LogP contribution in [0.2, 0.25) is 0 Å². The van der Waals surface area contributed by atoms with Crippen molar-refractivity contribution in [3.8, 4) is 0 Å². The maximum absolute atomic E-state index is 8.87. The van der Waals surface area contributed by atoms with E-state index >= 15 is 0 Å². The Bertz CT molecular complexity index is 135. The van der Waals surface area contributed by atoms with E-state index in [1.54, 1.807) is 7.05 Å². The van der Waals surface area contributed by atoms with Gasteiger partial charge in [-0.2, -0.15) is 0 Å². The Balaban J connectivity index is 3.53. The summed E-state index contributed by atoms with van der Waals surface area (Å²) < 4.78 is 0. The second-order valence-corrected chi connectivity index (χ2v) is 3.16. The topological polar surface area (TPSA) is 52.5 Å². The monoisotopic (exact) mass is 187 g/mol. The highest BCUT2D eigenvalue weighted by Gasteiger charge is 2.11. The third-order valence-corrected chi connectivity index (χ3v) is 2.01. The molecule has 0 rings (SSSR count). The Morgan fingerprint density at radius 3 is 2.46 bits per heavy atom. The lowest BCUT2D eigenvalue weighted by atomic mass is 10.1. The molecule has 78 valence electrons. The van der Waals surface area contributed by atoms with Crippen LogP contribution in [0.5, 0.6) is 0 Å². The molecule has 1 atom stereocenters. The average Bonchev–Trinajstić information content (AvgIpc) is 2.10. The fourth-order valence-electron chi connectivity index (χ4n) is 1.07. The van der Waals surface area contributed by atoms with Crippen LogP contribution in [-0.4, -0.2) is 29.6 Å². The molecule has 0 aromatic rings. The van der Waals surface area contributed by atoms with Gasteiger partial charge < -0.3 is 15.5 Å². The molecule has 0 radical (unpaired) electrons. The third-order valence-electron chi connectivity index (χ3n) is 2.01. The standard InChI is InChI=1S/C10H21NO2/c1-3-4-5-6-7-8-9(11-2)10(12)13/h6-7,9-13H,3-5,8H2,1-2H3/b7-6+/t9-/m0/s1. The smallest absolute Gasteiger partial charge is 0.167 e. The van der Waals surface area contributed by atoms with Gasteiger partial charge >= 0.3 is 0 Å². The summed E-state index contributed by atoms with van der Waals surface area (Å²) in [4.78, 5) is 0. The number of hydrogen-bond acceptors (Lipinski definition) is 3. The molecule has 0 saturated carbocycles.